The van der Waals surface area contributed by atoms with E-state index in [0.717, 1.165) is 11.1 Å². The van der Waals surface area contributed by atoms with Crippen molar-refractivity contribution < 1.29 is 23.9 Å². The van der Waals surface area contributed by atoms with E-state index < -0.39 is 5.97 Å². The monoisotopic (exact) mass is 585 g/mol. The smallest absolute Gasteiger partial charge is 0.331 e. The second kappa shape index (κ2) is 12.8. The first-order chi connectivity index (χ1) is 21.5. The molecule has 44 heavy (non-hydrogen) atoms. The molecule has 2 amide bonds. The predicted octanol–water partition coefficient (Wildman–Crippen LogP) is 6.22. The molecule has 0 aliphatic carbocycles. The van der Waals surface area contributed by atoms with E-state index in [-0.39, 0.29) is 37.6 Å². The van der Waals surface area contributed by atoms with E-state index in [1.165, 1.54) is 4.90 Å². The lowest BCUT2D eigenvalue weighted by Gasteiger charge is -2.23. The predicted molar refractivity (Wildman–Crippen MR) is 168 cm³/mol. The summed E-state index contributed by atoms with van der Waals surface area (Å²) in [5, 5.41) is 3.85. The molecule has 0 spiro atoms. The molecule has 8 heteroatoms. The number of rotatable bonds is 9. The number of hydrogen-bond acceptors (Lipinski definition) is 6. The first-order valence-electron chi connectivity index (χ1n) is 14.6. The van der Waals surface area contributed by atoms with Gasteiger partial charge in [0, 0.05) is 16.5 Å². The number of fused-ring (bicyclic) bond motifs is 7. The number of nitrogens with one attached hydrogen (secondary N) is 1. The SMILES string of the molecule is CC[C@H](NC(=O)c1c(OCCN2CC(=O)Oc3ccc(cc3)C2=O)c(-c2ccccc2)nc2ccccc12)c1ccccc1. The minimum absolute atomic E-state index is 0.00628. The van der Waals surface area contributed by atoms with E-state index in [4.69, 9.17) is 14.5 Å². The summed E-state index contributed by atoms with van der Waals surface area (Å²) in [7, 11) is 0. The van der Waals surface area contributed by atoms with Gasteiger partial charge in [0.05, 0.1) is 23.7 Å². The van der Waals surface area contributed by atoms with Crippen LogP contribution >= 0.6 is 0 Å². The number of pyridine rings is 1. The van der Waals surface area contributed by atoms with Crippen LogP contribution in [0.3, 0.4) is 0 Å². The van der Waals surface area contributed by atoms with Gasteiger partial charge in [-0.1, -0.05) is 85.8 Å². The number of amides is 2. The van der Waals surface area contributed by atoms with Crippen LogP contribution < -0.4 is 14.8 Å². The molecule has 2 aliphatic rings. The van der Waals surface area contributed by atoms with Gasteiger partial charge in [0.25, 0.3) is 11.8 Å². The average molecular weight is 586 g/mol. The molecule has 1 aromatic heterocycles. The topological polar surface area (TPSA) is 97.8 Å². The molecule has 4 aromatic carbocycles. The Kier molecular flexibility index (Phi) is 8.32. The highest BCUT2D eigenvalue weighted by Gasteiger charge is 2.27. The molecule has 0 saturated heterocycles. The molecule has 5 aromatic rings. The third-order valence-corrected chi connectivity index (χ3v) is 7.59. The summed E-state index contributed by atoms with van der Waals surface area (Å²) in [5.74, 6) is -0.469. The Bertz CT molecular complexity index is 1810. The minimum atomic E-state index is -0.547. The Morgan fingerprint density at radius 1 is 0.886 bits per heavy atom. The van der Waals surface area contributed by atoms with Crippen LogP contribution in [-0.2, 0) is 4.79 Å². The van der Waals surface area contributed by atoms with E-state index >= 15 is 0 Å². The van der Waals surface area contributed by atoms with E-state index in [1.807, 2.05) is 91.9 Å². The Morgan fingerprint density at radius 2 is 1.57 bits per heavy atom. The zero-order chi connectivity index (χ0) is 30.5. The lowest BCUT2D eigenvalue weighted by atomic mass is 10.00. The maximum absolute atomic E-state index is 14.2. The third kappa shape index (κ3) is 6.01. The van der Waals surface area contributed by atoms with Gasteiger partial charge < -0.3 is 19.7 Å². The summed E-state index contributed by atoms with van der Waals surface area (Å²) in [6.45, 7) is 1.88. The molecule has 7 rings (SSSR count). The van der Waals surface area contributed by atoms with Crippen molar-refractivity contribution in [3.05, 3.63) is 126 Å². The highest BCUT2D eigenvalue weighted by Crippen LogP contribution is 2.37. The van der Waals surface area contributed by atoms with Crippen LogP contribution in [0.25, 0.3) is 22.2 Å². The second-order valence-corrected chi connectivity index (χ2v) is 10.5. The fraction of sp³-hybridized carbons (Fsp3) is 0.167. The second-order valence-electron chi connectivity index (χ2n) is 10.5. The molecular formula is C36H31N3O5. The number of para-hydroxylation sites is 1. The maximum atomic E-state index is 14.2. The number of ether oxygens (including phenoxy) is 2. The van der Waals surface area contributed by atoms with Crippen molar-refractivity contribution >= 4 is 28.7 Å². The van der Waals surface area contributed by atoms with Crippen LogP contribution in [0.4, 0.5) is 0 Å². The van der Waals surface area contributed by atoms with Crippen molar-refractivity contribution in [2.45, 2.75) is 19.4 Å². The third-order valence-electron chi connectivity index (χ3n) is 7.59. The van der Waals surface area contributed by atoms with Gasteiger partial charge in [-0.15, -0.1) is 0 Å². The van der Waals surface area contributed by atoms with Crippen molar-refractivity contribution in [1.29, 1.82) is 0 Å². The summed E-state index contributed by atoms with van der Waals surface area (Å²) in [6, 6.07) is 33.1. The molecule has 220 valence electrons. The number of hydrogen-bond donors (Lipinski definition) is 1. The molecule has 0 fully saturated rings. The lowest BCUT2D eigenvalue weighted by molar-refractivity contribution is -0.135. The minimum Gasteiger partial charge on any atom is -0.489 e. The molecule has 1 N–H and O–H groups in total. The maximum Gasteiger partial charge on any atom is 0.331 e. The molecule has 0 unspecified atom stereocenters. The summed E-state index contributed by atoms with van der Waals surface area (Å²) in [4.78, 5) is 46.3. The number of aromatic nitrogens is 1. The van der Waals surface area contributed by atoms with Crippen molar-refractivity contribution in [1.82, 2.24) is 15.2 Å². The Hall–Kier alpha value is -5.50. The largest absolute Gasteiger partial charge is 0.489 e. The number of carbonyl (C=O) groups is 3. The van der Waals surface area contributed by atoms with Crippen LogP contribution in [0.5, 0.6) is 11.5 Å². The van der Waals surface area contributed by atoms with E-state index in [9.17, 15) is 14.4 Å². The average Bonchev–Trinajstić information content (AvgIpc) is 3.15. The van der Waals surface area contributed by atoms with Crippen LogP contribution in [0.2, 0.25) is 0 Å². The summed E-state index contributed by atoms with van der Waals surface area (Å²) in [6.07, 6.45) is 0.689. The lowest BCUT2D eigenvalue weighted by Crippen LogP contribution is -2.39. The zero-order valence-electron chi connectivity index (χ0n) is 24.2. The molecule has 8 nitrogen and oxygen atoms in total. The Labute approximate surface area is 255 Å². The van der Waals surface area contributed by atoms with Gasteiger partial charge in [-0.3, -0.25) is 9.59 Å². The number of esters is 1. The number of nitrogens with zero attached hydrogens (tertiary/aromatic N) is 2. The van der Waals surface area contributed by atoms with Gasteiger partial charge in [-0.25, -0.2) is 9.78 Å². The standard InChI is InChI=1S/C36H31N3O5/c1-2-29(24-11-5-3-6-12-24)38-35(41)32-28-15-9-10-16-30(28)37-33(25-13-7-4-8-14-25)34(32)43-22-21-39-23-31(40)44-27-19-17-26(18-20-27)36(39)42/h3-20,29H,2,21-23H2,1H3,(H,38,41)/t29-/m0/s1. The molecular weight excluding hydrogens is 554 g/mol. The van der Waals surface area contributed by atoms with Crippen LogP contribution in [-0.4, -0.2) is 47.4 Å². The normalized spacial score (nSPS) is 13.5. The van der Waals surface area contributed by atoms with Crippen molar-refractivity contribution in [3.63, 3.8) is 0 Å². The van der Waals surface area contributed by atoms with Gasteiger partial charge in [0.1, 0.15) is 24.6 Å². The van der Waals surface area contributed by atoms with Crippen LogP contribution in [0, 0.1) is 0 Å². The van der Waals surface area contributed by atoms with E-state index in [0.29, 0.717) is 45.6 Å². The molecule has 2 bridgehead atoms. The number of carbonyl (C=O) groups excluding carboxylic acids is 3. The highest BCUT2D eigenvalue weighted by atomic mass is 16.5. The number of benzene rings is 4. The quantitative estimate of drug-likeness (QED) is 0.163. The fourth-order valence-corrected chi connectivity index (χ4v) is 5.37. The fourth-order valence-electron chi connectivity index (χ4n) is 5.37. The molecule has 2 aliphatic heterocycles. The van der Waals surface area contributed by atoms with Crippen molar-refractivity contribution in [2.75, 3.05) is 19.7 Å². The highest BCUT2D eigenvalue weighted by molar-refractivity contribution is 6.10. The van der Waals surface area contributed by atoms with Gasteiger partial charge >= 0.3 is 5.97 Å². The molecule has 3 heterocycles. The first kappa shape index (κ1) is 28.6. The summed E-state index contributed by atoms with van der Waals surface area (Å²) < 4.78 is 11.8. The zero-order valence-corrected chi connectivity index (χ0v) is 24.2. The van der Waals surface area contributed by atoms with Crippen LogP contribution in [0.1, 0.15) is 45.7 Å². The van der Waals surface area contributed by atoms with Crippen molar-refractivity contribution in [2.24, 2.45) is 0 Å². The Balaban J connectivity index is 1.38. The molecule has 1 atom stereocenters. The van der Waals surface area contributed by atoms with Gasteiger partial charge in [-0.05, 0) is 42.3 Å². The van der Waals surface area contributed by atoms with Crippen molar-refractivity contribution in [3.8, 4) is 22.8 Å². The molecule has 0 saturated carbocycles. The van der Waals surface area contributed by atoms with E-state index in [1.54, 1.807) is 24.3 Å². The molecule has 0 radical (unpaired) electrons. The van der Waals surface area contributed by atoms with Gasteiger partial charge in [-0.2, -0.15) is 0 Å². The van der Waals surface area contributed by atoms with Crippen LogP contribution in [0.15, 0.2) is 109 Å². The summed E-state index contributed by atoms with van der Waals surface area (Å²) >= 11 is 0. The Morgan fingerprint density at radius 3 is 2.30 bits per heavy atom. The van der Waals surface area contributed by atoms with Gasteiger partial charge in [0.2, 0.25) is 0 Å². The summed E-state index contributed by atoms with van der Waals surface area (Å²) in [5.41, 5.74) is 3.73. The van der Waals surface area contributed by atoms with E-state index in [2.05, 4.69) is 5.32 Å². The first-order valence-corrected chi connectivity index (χ1v) is 14.6. The van der Waals surface area contributed by atoms with Gasteiger partial charge in [0.15, 0.2) is 5.75 Å².